The van der Waals surface area contributed by atoms with Crippen LogP contribution >= 0.6 is 11.6 Å². The van der Waals surface area contributed by atoms with Crippen LogP contribution in [0.25, 0.3) is 0 Å². The average molecular weight is 791 g/mol. The van der Waals surface area contributed by atoms with Crippen LogP contribution < -0.4 is 14.4 Å². The molecule has 4 heterocycles. The number of aryl methyl sites for hydroxylation is 1. The molecule has 3 fully saturated rings. The van der Waals surface area contributed by atoms with Crippen LogP contribution in [0.2, 0.25) is 5.02 Å². The maximum atomic E-state index is 14.1. The summed E-state index contributed by atoms with van der Waals surface area (Å²) in [4.78, 5) is 21.6. The standard InChI is InChI=1S/C44H59ClN4O5S/c1-5-21-54-44(29-47-18-19-48-20-22-52-27-37(48)26-47)17-6-8-31(2)32(3)55(4,51)46-42(50)34-11-15-41-40(24-34)49(25-35-10-13-39(35)44)28-43(30-53-41)16-7-9-33-23-36(45)12-14-38(33)43/h5-6,11-12,14-15,17,23-24,31-32,35,37,39H,1,4,7-10,13,16,18-22,25-30H2,2-3H3,(H,46,50,51)/b17-6+/t31-,32+,35-,37-,39+,43-,44-,55?/m0/s1. The lowest BCUT2D eigenvalue weighted by atomic mass is 9.63. The highest BCUT2D eigenvalue weighted by molar-refractivity contribution is 7.99. The number of carbonyl (C=O) groups is 1. The summed E-state index contributed by atoms with van der Waals surface area (Å²) >= 11 is 6.54. The van der Waals surface area contributed by atoms with Crippen molar-refractivity contribution in [3.05, 3.63) is 82.9 Å². The second kappa shape index (κ2) is 15.8. The van der Waals surface area contributed by atoms with Crippen molar-refractivity contribution >= 4 is 38.8 Å². The molecule has 2 aromatic rings. The van der Waals surface area contributed by atoms with Crippen LogP contribution in [0, 0.1) is 17.8 Å². The molecule has 1 spiro atoms. The molecule has 2 aromatic carbocycles. The molecule has 298 valence electrons. The van der Waals surface area contributed by atoms with Gasteiger partial charge in [0.15, 0.2) is 0 Å². The van der Waals surface area contributed by atoms with Gasteiger partial charge in [0, 0.05) is 73.1 Å². The smallest absolute Gasteiger partial charge is 0.262 e. The number of amides is 1. The first-order valence-corrected chi connectivity index (χ1v) is 22.6. The second-order valence-corrected chi connectivity index (χ2v) is 20.1. The Balaban J connectivity index is 1.20. The van der Waals surface area contributed by atoms with Crippen molar-refractivity contribution in [2.45, 2.75) is 74.7 Å². The molecular weight excluding hydrogens is 732 g/mol. The van der Waals surface area contributed by atoms with E-state index in [4.69, 9.17) is 25.8 Å². The van der Waals surface area contributed by atoms with Gasteiger partial charge in [-0.3, -0.25) is 19.3 Å². The monoisotopic (exact) mass is 790 g/mol. The summed E-state index contributed by atoms with van der Waals surface area (Å²) in [5.41, 5.74) is 3.18. The molecule has 2 aliphatic carbocycles. The van der Waals surface area contributed by atoms with Crippen molar-refractivity contribution in [1.82, 2.24) is 14.5 Å². The number of ether oxygens (including phenoxy) is 3. The van der Waals surface area contributed by atoms with E-state index in [0.29, 0.717) is 37.2 Å². The first-order chi connectivity index (χ1) is 26.5. The predicted octanol–water partition coefficient (Wildman–Crippen LogP) is 6.14. The van der Waals surface area contributed by atoms with Crippen LogP contribution in [0.15, 0.2) is 61.2 Å². The molecule has 2 bridgehead atoms. The molecule has 1 N–H and O–H groups in total. The third-order valence-corrected chi connectivity index (χ3v) is 16.3. The minimum atomic E-state index is -2.98. The predicted molar refractivity (Wildman–Crippen MR) is 223 cm³/mol. The Hall–Kier alpha value is -2.86. The first-order valence-electron chi connectivity index (χ1n) is 20.4. The quantitative estimate of drug-likeness (QED) is 0.286. The van der Waals surface area contributed by atoms with Gasteiger partial charge >= 0.3 is 0 Å². The van der Waals surface area contributed by atoms with E-state index in [0.717, 1.165) is 108 Å². The lowest BCUT2D eigenvalue weighted by Gasteiger charge is -2.53. The number of nitrogens with zero attached hydrogens (tertiary/aromatic N) is 3. The minimum Gasteiger partial charge on any atom is -0.490 e. The first kappa shape index (κ1) is 39.0. The number of hydrogen-bond acceptors (Lipinski definition) is 8. The molecule has 11 heteroatoms. The number of morpholine rings is 1. The van der Waals surface area contributed by atoms with Crippen molar-refractivity contribution in [2.75, 3.05) is 77.1 Å². The van der Waals surface area contributed by atoms with Crippen molar-refractivity contribution in [3.63, 3.8) is 0 Å². The maximum Gasteiger partial charge on any atom is 0.262 e. The van der Waals surface area contributed by atoms with Crippen molar-refractivity contribution in [1.29, 1.82) is 0 Å². The number of fused-ring (bicyclic) bond motifs is 5. The van der Waals surface area contributed by atoms with Crippen LogP contribution in [0.4, 0.5) is 5.69 Å². The molecule has 4 aliphatic heterocycles. The largest absolute Gasteiger partial charge is 0.490 e. The van der Waals surface area contributed by atoms with Gasteiger partial charge in [-0.1, -0.05) is 42.8 Å². The Morgan fingerprint density at radius 1 is 1.13 bits per heavy atom. The number of rotatable bonds is 5. The average Bonchev–Trinajstić information content (AvgIpc) is 3.31. The maximum absolute atomic E-state index is 14.1. The summed E-state index contributed by atoms with van der Waals surface area (Å²) in [6, 6.07) is 12.4. The number of allylic oxidation sites excluding steroid dienone is 1. The fourth-order valence-electron chi connectivity index (χ4n) is 10.3. The van der Waals surface area contributed by atoms with Gasteiger partial charge in [-0.25, -0.2) is 4.21 Å². The van der Waals surface area contributed by atoms with Gasteiger partial charge in [-0.15, -0.1) is 6.58 Å². The van der Waals surface area contributed by atoms with Crippen LogP contribution in [0.3, 0.4) is 0 Å². The zero-order valence-electron chi connectivity index (χ0n) is 32.7. The minimum absolute atomic E-state index is 0.00654. The summed E-state index contributed by atoms with van der Waals surface area (Å²) in [6.07, 6.45) is 12.4. The molecule has 9 nitrogen and oxygen atoms in total. The molecule has 2 saturated heterocycles. The Kier molecular flexibility index (Phi) is 11.2. The molecule has 55 heavy (non-hydrogen) atoms. The molecular formula is C44H59ClN4O5S. The molecule has 1 amide bonds. The molecule has 0 radical (unpaired) electrons. The summed E-state index contributed by atoms with van der Waals surface area (Å²) in [5, 5.41) is 0.410. The summed E-state index contributed by atoms with van der Waals surface area (Å²) in [5.74, 6) is 5.10. The van der Waals surface area contributed by atoms with E-state index in [9.17, 15) is 9.00 Å². The van der Waals surface area contributed by atoms with E-state index >= 15 is 0 Å². The van der Waals surface area contributed by atoms with Crippen molar-refractivity contribution in [2.24, 2.45) is 17.8 Å². The van der Waals surface area contributed by atoms with E-state index in [2.05, 4.69) is 63.1 Å². The van der Waals surface area contributed by atoms with Gasteiger partial charge in [0.1, 0.15) is 11.4 Å². The number of nitrogens with one attached hydrogen (secondary N) is 1. The van der Waals surface area contributed by atoms with Gasteiger partial charge < -0.3 is 19.1 Å². The third kappa shape index (κ3) is 7.76. The van der Waals surface area contributed by atoms with E-state index in [-0.39, 0.29) is 28.4 Å². The van der Waals surface area contributed by atoms with E-state index < -0.39 is 15.3 Å². The highest BCUT2D eigenvalue weighted by Gasteiger charge is 2.50. The van der Waals surface area contributed by atoms with Crippen LogP contribution in [-0.4, -0.2) is 115 Å². The highest BCUT2D eigenvalue weighted by atomic mass is 35.5. The number of hydrogen-bond donors (Lipinski definition) is 1. The molecule has 0 aromatic heterocycles. The molecule has 1 saturated carbocycles. The van der Waals surface area contributed by atoms with Crippen molar-refractivity contribution in [3.8, 4) is 5.75 Å². The van der Waals surface area contributed by atoms with E-state index in [1.54, 1.807) is 6.07 Å². The highest BCUT2D eigenvalue weighted by Crippen LogP contribution is 2.49. The van der Waals surface area contributed by atoms with Crippen molar-refractivity contribution < 1.29 is 23.2 Å². The Morgan fingerprint density at radius 2 is 2.00 bits per heavy atom. The Bertz CT molecular complexity index is 1910. The fraction of sp³-hybridized carbons (Fsp3) is 0.591. The van der Waals surface area contributed by atoms with Gasteiger partial charge in [-0.2, -0.15) is 0 Å². The molecule has 8 rings (SSSR count). The topological polar surface area (TPSA) is 83.6 Å². The van der Waals surface area contributed by atoms with E-state index in [1.165, 1.54) is 11.1 Å². The molecule has 8 atom stereocenters. The molecule has 1 unspecified atom stereocenters. The van der Waals surface area contributed by atoms with E-state index in [1.807, 2.05) is 31.2 Å². The number of halogens is 1. The third-order valence-electron chi connectivity index (χ3n) is 13.8. The van der Waals surface area contributed by atoms with Crippen LogP contribution in [0.5, 0.6) is 5.75 Å². The normalized spacial score (nSPS) is 36.2. The van der Waals surface area contributed by atoms with Gasteiger partial charge in [0.25, 0.3) is 5.91 Å². The number of carbonyl (C=O) groups excluding carboxylic acids is 1. The molecule has 6 aliphatic rings. The van der Waals surface area contributed by atoms with Crippen LogP contribution in [-0.2, 0) is 31.0 Å². The zero-order valence-corrected chi connectivity index (χ0v) is 34.3. The summed E-state index contributed by atoms with van der Waals surface area (Å²) in [6.45, 7) is 17.0. The number of benzene rings is 2. The lowest BCUT2D eigenvalue weighted by molar-refractivity contribution is -0.117. The Labute approximate surface area is 333 Å². The van der Waals surface area contributed by atoms with Gasteiger partial charge in [0.2, 0.25) is 0 Å². The number of piperazine rings is 1. The Morgan fingerprint density at radius 3 is 2.82 bits per heavy atom. The lowest BCUT2D eigenvalue weighted by Crippen LogP contribution is -2.63. The number of anilines is 1. The van der Waals surface area contributed by atoms with Gasteiger partial charge in [-0.05, 0) is 111 Å². The summed E-state index contributed by atoms with van der Waals surface area (Å²) in [7, 11) is -2.98. The fourth-order valence-corrected chi connectivity index (χ4v) is 12.0. The SMILES string of the molecule is C=CCO[C@]1(CN2CCN3CCOC[C@@H]3C2)/C=C/C[C@H](C)[C@@H](C)S(=C)(=O)NC(=O)c2ccc3c(c2)N(C[C@@H]2CC[C@H]21)C[C@@]1(CCCc2cc(Cl)ccc21)CO3. The van der Waals surface area contributed by atoms with Crippen LogP contribution in [0.1, 0.15) is 67.4 Å². The second-order valence-electron chi connectivity index (χ2n) is 17.3. The zero-order chi connectivity index (χ0) is 38.4. The van der Waals surface area contributed by atoms with Gasteiger partial charge in [0.05, 0.1) is 41.8 Å². The summed E-state index contributed by atoms with van der Waals surface area (Å²) < 4.78 is 36.8.